The highest BCUT2D eigenvalue weighted by atomic mass is 16.5. The van der Waals surface area contributed by atoms with E-state index in [0.29, 0.717) is 5.56 Å². The molecular weight excluding hydrogens is 282 g/mol. The first-order valence-corrected chi connectivity index (χ1v) is 6.88. The molecule has 6 heteroatoms. The third-order valence-corrected chi connectivity index (χ3v) is 3.61. The van der Waals surface area contributed by atoms with Gasteiger partial charge in [-0.1, -0.05) is 0 Å². The van der Waals surface area contributed by atoms with Crippen LogP contribution in [0.5, 0.6) is 0 Å². The van der Waals surface area contributed by atoms with E-state index in [2.05, 4.69) is 11.4 Å². The lowest BCUT2D eigenvalue weighted by Crippen LogP contribution is -2.48. The summed E-state index contributed by atoms with van der Waals surface area (Å²) in [5.41, 5.74) is -0.210. The molecule has 0 bridgehead atoms. The lowest BCUT2D eigenvalue weighted by Gasteiger charge is -2.22. The molecule has 1 amide bonds. The molecule has 1 atom stereocenters. The monoisotopic (exact) mass is 297 g/mol. The Morgan fingerprint density at radius 1 is 1.32 bits per heavy atom. The van der Waals surface area contributed by atoms with Gasteiger partial charge in [0, 0.05) is 0 Å². The summed E-state index contributed by atoms with van der Waals surface area (Å²) in [6.45, 7) is 1.23. The average Bonchev–Trinajstić information content (AvgIpc) is 3.38. The van der Waals surface area contributed by atoms with Crippen molar-refractivity contribution in [3.8, 4) is 12.1 Å². The van der Waals surface area contributed by atoms with Gasteiger partial charge in [0.25, 0.3) is 5.91 Å². The minimum atomic E-state index is -0.905. The summed E-state index contributed by atoms with van der Waals surface area (Å²) in [7, 11) is 0. The first-order chi connectivity index (χ1) is 10.5. The fourth-order valence-electron chi connectivity index (χ4n) is 2.10. The summed E-state index contributed by atoms with van der Waals surface area (Å²) in [6.07, 6.45) is 1.82. The number of carbonyl (C=O) groups is 2. The van der Waals surface area contributed by atoms with E-state index in [1.165, 1.54) is 24.3 Å². The lowest BCUT2D eigenvalue weighted by atomic mass is 9.98. The Morgan fingerprint density at radius 2 is 1.95 bits per heavy atom. The molecule has 0 aromatic heterocycles. The van der Waals surface area contributed by atoms with Crippen LogP contribution in [0.1, 0.15) is 35.7 Å². The van der Waals surface area contributed by atoms with Gasteiger partial charge in [0.15, 0.2) is 6.61 Å². The first-order valence-electron chi connectivity index (χ1n) is 6.88. The van der Waals surface area contributed by atoms with Gasteiger partial charge < -0.3 is 10.1 Å². The Hall–Kier alpha value is -2.86. The van der Waals surface area contributed by atoms with Crippen LogP contribution in [-0.2, 0) is 9.53 Å². The normalized spacial score (nSPS) is 15.8. The quantitative estimate of drug-likeness (QED) is 0.830. The Morgan fingerprint density at radius 3 is 2.45 bits per heavy atom. The molecule has 1 aromatic carbocycles. The van der Waals surface area contributed by atoms with Crippen LogP contribution in [0.3, 0.4) is 0 Å². The van der Waals surface area contributed by atoms with E-state index < -0.39 is 24.0 Å². The molecule has 1 aliphatic rings. The number of esters is 1. The molecule has 112 valence electrons. The average molecular weight is 297 g/mol. The number of hydrogen-bond donors (Lipinski definition) is 1. The van der Waals surface area contributed by atoms with Gasteiger partial charge in [-0.15, -0.1) is 0 Å². The second kappa shape index (κ2) is 6.28. The number of amides is 1. The molecule has 6 nitrogen and oxygen atoms in total. The van der Waals surface area contributed by atoms with Crippen molar-refractivity contribution in [2.75, 3.05) is 6.61 Å². The van der Waals surface area contributed by atoms with Crippen molar-refractivity contribution in [1.82, 2.24) is 5.32 Å². The maximum Gasteiger partial charge on any atom is 0.338 e. The van der Waals surface area contributed by atoms with Crippen molar-refractivity contribution in [2.24, 2.45) is 5.92 Å². The zero-order valence-electron chi connectivity index (χ0n) is 12.1. The van der Waals surface area contributed by atoms with Gasteiger partial charge in [-0.2, -0.15) is 10.5 Å². The summed E-state index contributed by atoms with van der Waals surface area (Å²) >= 11 is 0. The van der Waals surface area contributed by atoms with Crippen molar-refractivity contribution in [2.45, 2.75) is 25.3 Å². The Balaban J connectivity index is 1.86. The van der Waals surface area contributed by atoms with Crippen LogP contribution in [0.2, 0.25) is 0 Å². The second-order valence-electron chi connectivity index (χ2n) is 5.40. The van der Waals surface area contributed by atoms with Gasteiger partial charge in [0.1, 0.15) is 5.54 Å². The van der Waals surface area contributed by atoms with Crippen LogP contribution in [0.15, 0.2) is 24.3 Å². The zero-order valence-corrected chi connectivity index (χ0v) is 12.1. The summed E-state index contributed by atoms with van der Waals surface area (Å²) in [5, 5.41) is 20.4. The van der Waals surface area contributed by atoms with Crippen LogP contribution in [0.25, 0.3) is 0 Å². The second-order valence-corrected chi connectivity index (χ2v) is 5.40. The largest absolute Gasteiger partial charge is 0.452 e. The van der Waals surface area contributed by atoms with E-state index in [-0.39, 0.29) is 11.5 Å². The predicted octanol–water partition coefficient (Wildman–Crippen LogP) is 1.52. The number of benzene rings is 1. The Bertz CT molecular complexity index is 665. The van der Waals surface area contributed by atoms with Crippen LogP contribution < -0.4 is 5.32 Å². The summed E-state index contributed by atoms with van der Waals surface area (Å²) in [4.78, 5) is 23.6. The fraction of sp³-hybridized carbons (Fsp3) is 0.375. The van der Waals surface area contributed by atoms with E-state index in [9.17, 15) is 9.59 Å². The van der Waals surface area contributed by atoms with Gasteiger partial charge in [0.05, 0.1) is 23.3 Å². The standard InChI is InChI=1S/C16H15N3O3/c1-16(10-18,13-6-7-13)19-14(20)9-22-15(21)12-4-2-11(8-17)3-5-12/h2-5,13H,6-7,9H2,1H3,(H,19,20)/t16-/m0/s1. The molecule has 0 spiro atoms. The number of hydrogen-bond acceptors (Lipinski definition) is 5. The van der Waals surface area contributed by atoms with E-state index in [1.807, 2.05) is 6.07 Å². The zero-order chi connectivity index (χ0) is 16.2. The SMILES string of the molecule is C[C@@](C#N)(NC(=O)COC(=O)c1ccc(C#N)cc1)C1CC1. The number of rotatable bonds is 5. The molecular formula is C16H15N3O3. The van der Waals surface area contributed by atoms with Crippen LogP contribution in [0.4, 0.5) is 0 Å². The lowest BCUT2D eigenvalue weighted by molar-refractivity contribution is -0.125. The third-order valence-electron chi connectivity index (χ3n) is 3.61. The first kappa shape index (κ1) is 15.5. The third kappa shape index (κ3) is 3.62. The summed E-state index contributed by atoms with van der Waals surface area (Å²) in [5.74, 6) is -0.988. The summed E-state index contributed by atoms with van der Waals surface area (Å²) < 4.78 is 4.91. The van der Waals surface area contributed by atoms with E-state index >= 15 is 0 Å². The molecule has 1 aromatic rings. The number of nitriles is 2. The maximum atomic E-state index is 11.8. The maximum absolute atomic E-state index is 11.8. The topological polar surface area (TPSA) is 103 Å². The molecule has 1 saturated carbocycles. The molecule has 1 fully saturated rings. The minimum Gasteiger partial charge on any atom is -0.452 e. The van der Waals surface area contributed by atoms with Gasteiger partial charge in [-0.25, -0.2) is 4.79 Å². The molecule has 0 saturated heterocycles. The number of nitrogens with zero attached hydrogens (tertiary/aromatic N) is 2. The molecule has 2 rings (SSSR count). The number of nitrogens with one attached hydrogen (secondary N) is 1. The van der Waals surface area contributed by atoms with Gasteiger partial charge in [-0.05, 0) is 49.9 Å². The predicted molar refractivity (Wildman–Crippen MR) is 76.3 cm³/mol. The smallest absolute Gasteiger partial charge is 0.338 e. The van der Waals surface area contributed by atoms with E-state index in [4.69, 9.17) is 15.3 Å². The van der Waals surface area contributed by atoms with Crippen LogP contribution >= 0.6 is 0 Å². The molecule has 0 radical (unpaired) electrons. The van der Waals surface area contributed by atoms with Crippen molar-refractivity contribution < 1.29 is 14.3 Å². The van der Waals surface area contributed by atoms with Crippen molar-refractivity contribution >= 4 is 11.9 Å². The van der Waals surface area contributed by atoms with Gasteiger partial charge >= 0.3 is 5.97 Å². The molecule has 1 aliphatic carbocycles. The van der Waals surface area contributed by atoms with Crippen LogP contribution in [-0.4, -0.2) is 24.0 Å². The molecule has 22 heavy (non-hydrogen) atoms. The van der Waals surface area contributed by atoms with Crippen molar-refractivity contribution in [1.29, 1.82) is 10.5 Å². The Kier molecular flexibility index (Phi) is 4.43. The highest BCUT2D eigenvalue weighted by Gasteiger charge is 2.43. The number of ether oxygens (including phenoxy) is 1. The Labute approximate surface area is 128 Å². The number of carbonyl (C=O) groups excluding carboxylic acids is 2. The highest BCUT2D eigenvalue weighted by molar-refractivity contribution is 5.91. The van der Waals surface area contributed by atoms with Crippen molar-refractivity contribution in [3.63, 3.8) is 0 Å². The van der Waals surface area contributed by atoms with E-state index in [0.717, 1.165) is 12.8 Å². The molecule has 0 aliphatic heterocycles. The van der Waals surface area contributed by atoms with Crippen LogP contribution in [0, 0.1) is 28.6 Å². The minimum absolute atomic E-state index is 0.163. The fourth-order valence-corrected chi connectivity index (χ4v) is 2.10. The van der Waals surface area contributed by atoms with Gasteiger partial charge in [0.2, 0.25) is 0 Å². The molecule has 0 unspecified atom stereocenters. The van der Waals surface area contributed by atoms with E-state index in [1.54, 1.807) is 6.92 Å². The molecule has 1 N–H and O–H groups in total. The highest BCUT2D eigenvalue weighted by Crippen LogP contribution is 2.39. The molecule has 0 heterocycles. The van der Waals surface area contributed by atoms with Crippen molar-refractivity contribution in [3.05, 3.63) is 35.4 Å². The van der Waals surface area contributed by atoms with Gasteiger partial charge in [-0.3, -0.25) is 4.79 Å². The summed E-state index contributed by atoms with van der Waals surface area (Å²) in [6, 6.07) is 9.96.